The van der Waals surface area contributed by atoms with Gasteiger partial charge in [0.15, 0.2) is 0 Å². The zero-order valence-corrected chi connectivity index (χ0v) is 9.28. The molecule has 0 fully saturated rings. The number of aromatic nitrogens is 2. The number of aliphatic hydroxyl groups is 1. The lowest BCUT2D eigenvalue weighted by atomic mass is 10.1. The summed E-state index contributed by atoms with van der Waals surface area (Å²) in [7, 11) is 3.78. The summed E-state index contributed by atoms with van der Waals surface area (Å²) in [5.74, 6) is 0.379. The van der Waals surface area contributed by atoms with E-state index in [1.807, 2.05) is 18.7 Å². The van der Waals surface area contributed by atoms with Crippen LogP contribution in [0.5, 0.6) is 0 Å². The summed E-state index contributed by atoms with van der Waals surface area (Å²) < 4.78 is 1.97. The van der Waals surface area contributed by atoms with E-state index in [-0.39, 0.29) is 0 Å². The zero-order chi connectivity index (χ0) is 10.7. The number of aryl methyl sites for hydroxylation is 1. The average molecular weight is 197 g/mol. The molecule has 1 heterocycles. The second-order valence-electron chi connectivity index (χ2n) is 3.85. The predicted molar refractivity (Wildman–Crippen MR) is 56.2 cm³/mol. The van der Waals surface area contributed by atoms with Gasteiger partial charge in [0, 0.05) is 19.3 Å². The van der Waals surface area contributed by atoms with Crippen molar-refractivity contribution in [2.45, 2.75) is 25.9 Å². The summed E-state index contributed by atoms with van der Waals surface area (Å²) in [5, 5.41) is 12.8. The number of likely N-dealkylation sites (N-methyl/N-ethyl adjacent to an activating group) is 1. The van der Waals surface area contributed by atoms with Gasteiger partial charge < -0.3 is 15.0 Å². The van der Waals surface area contributed by atoms with Gasteiger partial charge in [-0.1, -0.05) is 13.8 Å². The molecule has 0 bridgehead atoms. The molecule has 4 nitrogen and oxygen atoms in total. The summed E-state index contributed by atoms with van der Waals surface area (Å²) in [6, 6.07) is 0. The van der Waals surface area contributed by atoms with Gasteiger partial charge in [0.1, 0.15) is 6.10 Å². The predicted octanol–water partition coefficient (Wildman–Crippen LogP) is 0.796. The number of imidazole rings is 1. The van der Waals surface area contributed by atoms with Crippen LogP contribution in [-0.4, -0.2) is 28.3 Å². The molecule has 0 saturated heterocycles. The van der Waals surface area contributed by atoms with Gasteiger partial charge in [0.2, 0.25) is 0 Å². The third kappa shape index (κ3) is 2.13. The largest absolute Gasteiger partial charge is 0.385 e. The molecule has 2 N–H and O–H groups in total. The van der Waals surface area contributed by atoms with Crippen molar-refractivity contribution in [3.05, 3.63) is 17.7 Å². The molecule has 1 aromatic heterocycles. The van der Waals surface area contributed by atoms with Crippen molar-refractivity contribution in [1.82, 2.24) is 14.9 Å². The molecule has 1 aromatic rings. The van der Waals surface area contributed by atoms with Crippen LogP contribution in [0.2, 0.25) is 0 Å². The summed E-state index contributed by atoms with van der Waals surface area (Å²) in [6.07, 6.45) is 1.24. The van der Waals surface area contributed by atoms with Crippen molar-refractivity contribution < 1.29 is 5.11 Å². The first-order valence-electron chi connectivity index (χ1n) is 4.91. The summed E-state index contributed by atoms with van der Waals surface area (Å²) in [5.41, 5.74) is 1.89. The van der Waals surface area contributed by atoms with Gasteiger partial charge in [-0.2, -0.15) is 0 Å². The lowest BCUT2D eigenvalue weighted by Gasteiger charge is -2.13. The highest BCUT2D eigenvalue weighted by atomic mass is 16.3. The molecule has 0 aromatic carbocycles. The Morgan fingerprint density at radius 2 is 2.21 bits per heavy atom. The van der Waals surface area contributed by atoms with Gasteiger partial charge in [-0.05, 0) is 13.0 Å². The lowest BCUT2D eigenvalue weighted by Crippen LogP contribution is -2.18. The SMILES string of the molecule is CNCC(O)c1ncn(C)c1C(C)C. The highest BCUT2D eigenvalue weighted by Gasteiger charge is 2.18. The molecule has 80 valence electrons. The van der Waals surface area contributed by atoms with E-state index < -0.39 is 6.10 Å². The monoisotopic (exact) mass is 197 g/mol. The topological polar surface area (TPSA) is 50.1 Å². The van der Waals surface area contributed by atoms with Gasteiger partial charge in [-0.3, -0.25) is 0 Å². The van der Waals surface area contributed by atoms with E-state index in [9.17, 15) is 5.11 Å². The summed E-state index contributed by atoms with van der Waals surface area (Å²) in [6.45, 7) is 4.75. The number of aliphatic hydroxyl groups excluding tert-OH is 1. The fourth-order valence-corrected chi connectivity index (χ4v) is 1.71. The number of rotatable bonds is 4. The molecular weight excluding hydrogens is 178 g/mol. The molecule has 0 saturated carbocycles. The Kier molecular flexibility index (Phi) is 3.66. The number of nitrogens with zero attached hydrogens (tertiary/aromatic N) is 2. The van der Waals surface area contributed by atoms with E-state index in [0.717, 1.165) is 11.4 Å². The minimum atomic E-state index is -0.515. The molecular formula is C10H19N3O. The van der Waals surface area contributed by atoms with E-state index in [1.165, 1.54) is 0 Å². The fourth-order valence-electron chi connectivity index (χ4n) is 1.71. The van der Waals surface area contributed by atoms with Crippen LogP contribution in [0.15, 0.2) is 6.33 Å². The minimum Gasteiger partial charge on any atom is -0.385 e. The third-order valence-electron chi connectivity index (χ3n) is 2.27. The summed E-state index contributed by atoms with van der Waals surface area (Å²) in [4.78, 5) is 4.23. The molecule has 14 heavy (non-hydrogen) atoms. The highest BCUT2D eigenvalue weighted by molar-refractivity contribution is 5.19. The maximum absolute atomic E-state index is 9.83. The third-order valence-corrected chi connectivity index (χ3v) is 2.27. The van der Waals surface area contributed by atoms with Crippen LogP contribution < -0.4 is 5.32 Å². The Morgan fingerprint density at radius 1 is 1.57 bits per heavy atom. The van der Waals surface area contributed by atoms with Crippen LogP contribution in [0.1, 0.15) is 37.3 Å². The van der Waals surface area contributed by atoms with Crippen LogP contribution in [-0.2, 0) is 7.05 Å². The normalized spacial score (nSPS) is 13.6. The first-order valence-corrected chi connectivity index (χ1v) is 4.91. The van der Waals surface area contributed by atoms with Gasteiger partial charge in [0.25, 0.3) is 0 Å². The average Bonchev–Trinajstić information content (AvgIpc) is 2.47. The van der Waals surface area contributed by atoms with Crippen LogP contribution in [0.4, 0.5) is 0 Å². The Balaban J connectivity index is 2.96. The van der Waals surface area contributed by atoms with E-state index >= 15 is 0 Å². The van der Waals surface area contributed by atoms with Gasteiger partial charge >= 0.3 is 0 Å². The quantitative estimate of drug-likeness (QED) is 0.750. The Hall–Kier alpha value is -0.870. The second-order valence-corrected chi connectivity index (χ2v) is 3.85. The van der Waals surface area contributed by atoms with Crippen molar-refractivity contribution in [2.24, 2.45) is 7.05 Å². The van der Waals surface area contributed by atoms with E-state index in [4.69, 9.17) is 0 Å². The van der Waals surface area contributed by atoms with Crippen molar-refractivity contribution in [1.29, 1.82) is 0 Å². The number of hydrogen-bond donors (Lipinski definition) is 2. The molecule has 1 atom stereocenters. The Bertz CT molecular complexity index is 294. The molecule has 0 radical (unpaired) electrons. The lowest BCUT2D eigenvalue weighted by molar-refractivity contribution is 0.172. The molecule has 0 aliphatic rings. The molecule has 4 heteroatoms. The minimum absolute atomic E-state index is 0.379. The van der Waals surface area contributed by atoms with E-state index in [1.54, 1.807) is 6.33 Å². The second kappa shape index (κ2) is 4.57. The number of nitrogens with one attached hydrogen (secondary N) is 1. The van der Waals surface area contributed by atoms with Gasteiger partial charge in [-0.25, -0.2) is 4.98 Å². The molecule has 0 spiro atoms. The highest BCUT2D eigenvalue weighted by Crippen LogP contribution is 2.22. The zero-order valence-electron chi connectivity index (χ0n) is 9.28. The Morgan fingerprint density at radius 3 is 2.71 bits per heavy atom. The number of hydrogen-bond acceptors (Lipinski definition) is 3. The molecule has 0 amide bonds. The van der Waals surface area contributed by atoms with Crippen molar-refractivity contribution in [3.63, 3.8) is 0 Å². The maximum atomic E-state index is 9.83. The van der Waals surface area contributed by atoms with Crippen molar-refractivity contribution >= 4 is 0 Å². The van der Waals surface area contributed by atoms with Crippen LogP contribution in [0, 0.1) is 0 Å². The molecule has 1 rings (SSSR count). The molecule has 0 aliphatic heterocycles. The van der Waals surface area contributed by atoms with Gasteiger partial charge in [0.05, 0.1) is 12.0 Å². The van der Waals surface area contributed by atoms with Crippen molar-refractivity contribution in [3.8, 4) is 0 Å². The molecule has 1 unspecified atom stereocenters. The first kappa shape index (κ1) is 11.2. The first-order chi connectivity index (χ1) is 6.57. The van der Waals surface area contributed by atoms with Crippen molar-refractivity contribution in [2.75, 3.05) is 13.6 Å². The van der Waals surface area contributed by atoms with Crippen LogP contribution in [0.3, 0.4) is 0 Å². The van der Waals surface area contributed by atoms with E-state index in [0.29, 0.717) is 12.5 Å². The van der Waals surface area contributed by atoms with Gasteiger partial charge in [-0.15, -0.1) is 0 Å². The summed E-state index contributed by atoms with van der Waals surface area (Å²) >= 11 is 0. The van der Waals surface area contributed by atoms with Crippen LogP contribution >= 0.6 is 0 Å². The smallest absolute Gasteiger partial charge is 0.110 e. The van der Waals surface area contributed by atoms with E-state index in [2.05, 4.69) is 24.1 Å². The van der Waals surface area contributed by atoms with Crippen LogP contribution in [0.25, 0.3) is 0 Å². The fraction of sp³-hybridized carbons (Fsp3) is 0.700. The standard InChI is InChI=1S/C10H19N3O/c1-7(2)10-9(8(14)5-11-3)12-6-13(10)4/h6-8,11,14H,5H2,1-4H3. The molecule has 0 aliphatic carbocycles. The maximum Gasteiger partial charge on any atom is 0.110 e. The Labute approximate surface area is 85.0 Å².